The molecule has 0 saturated heterocycles. The highest BCUT2D eigenvalue weighted by Gasteiger charge is 2.39. The van der Waals surface area contributed by atoms with Crippen molar-refractivity contribution in [3.8, 4) is 0 Å². The fraction of sp³-hybridized carbons (Fsp3) is 0.250. The van der Waals surface area contributed by atoms with Crippen LogP contribution in [0.2, 0.25) is 0 Å². The van der Waals surface area contributed by atoms with Gasteiger partial charge in [0.25, 0.3) is 15.9 Å². The van der Waals surface area contributed by atoms with Crippen molar-refractivity contribution >= 4 is 27.2 Å². The van der Waals surface area contributed by atoms with Crippen LogP contribution < -0.4 is 9.62 Å². The van der Waals surface area contributed by atoms with Gasteiger partial charge in [0, 0.05) is 24.2 Å². The van der Waals surface area contributed by atoms with E-state index in [1.54, 1.807) is 12.1 Å². The number of hydrogen-bond acceptors (Lipinski definition) is 3. The third-order valence-corrected chi connectivity index (χ3v) is 6.44. The number of rotatable bonds is 4. The molecule has 0 bridgehead atoms. The number of para-hydroxylation sites is 1. The third-order valence-electron chi connectivity index (χ3n) is 4.62. The molecule has 0 aromatic heterocycles. The standard InChI is InChI=1S/C20H22N2O3S/c1-4-14(2)21-20(23)19-18(15-10-6-5-7-11-15)16-12-8-9-13-17(16)22(3)26(19,24)25/h5-14H,4H2,1-3H3,(H,21,23)/t14-/m0/s1. The SMILES string of the molecule is CC[C@H](C)NC(=O)C1=C(c2ccccc2)c2ccccc2N(C)S1(=O)=O. The Hall–Kier alpha value is -2.60. The molecule has 0 fully saturated rings. The molecule has 1 heterocycles. The van der Waals surface area contributed by atoms with Crippen LogP contribution in [-0.4, -0.2) is 27.4 Å². The fourth-order valence-corrected chi connectivity index (χ4v) is 4.46. The molecule has 1 N–H and O–H groups in total. The Kier molecular flexibility index (Phi) is 4.87. The summed E-state index contributed by atoms with van der Waals surface area (Å²) in [5.41, 5.74) is 2.43. The van der Waals surface area contributed by atoms with Crippen molar-refractivity contribution in [1.82, 2.24) is 5.32 Å². The van der Waals surface area contributed by atoms with Crippen LogP contribution >= 0.6 is 0 Å². The van der Waals surface area contributed by atoms with E-state index in [0.29, 0.717) is 23.2 Å². The predicted molar refractivity (Wildman–Crippen MR) is 104 cm³/mol. The Morgan fingerprint density at radius 1 is 1.08 bits per heavy atom. The summed E-state index contributed by atoms with van der Waals surface area (Å²) in [6.45, 7) is 3.79. The first-order valence-corrected chi connectivity index (χ1v) is 10.0. The zero-order valence-electron chi connectivity index (χ0n) is 15.1. The summed E-state index contributed by atoms with van der Waals surface area (Å²) in [4.78, 5) is 12.7. The first kappa shape index (κ1) is 18.2. The number of sulfonamides is 1. The molecule has 0 radical (unpaired) electrons. The zero-order chi connectivity index (χ0) is 18.9. The van der Waals surface area contributed by atoms with Crippen molar-refractivity contribution < 1.29 is 13.2 Å². The normalized spacial score (nSPS) is 16.8. The lowest BCUT2D eigenvalue weighted by atomic mass is 9.95. The van der Waals surface area contributed by atoms with Crippen LogP contribution in [0.3, 0.4) is 0 Å². The first-order chi connectivity index (χ1) is 12.4. The van der Waals surface area contributed by atoms with Crippen LogP contribution in [0.5, 0.6) is 0 Å². The smallest absolute Gasteiger partial charge is 0.270 e. The van der Waals surface area contributed by atoms with Gasteiger partial charge in [0.15, 0.2) is 4.91 Å². The lowest BCUT2D eigenvalue weighted by molar-refractivity contribution is -0.117. The highest BCUT2D eigenvalue weighted by molar-refractivity contribution is 7.97. The highest BCUT2D eigenvalue weighted by Crippen LogP contribution is 2.41. The van der Waals surface area contributed by atoms with Gasteiger partial charge in [-0.25, -0.2) is 8.42 Å². The first-order valence-electron chi connectivity index (χ1n) is 8.56. The molecule has 6 heteroatoms. The van der Waals surface area contributed by atoms with E-state index in [1.165, 1.54) is 11.4 Å². The average Bonchev–Trinajstić information content (AvgIpc) is 2.64. The van der Waals surface area contributed by atoms with Gasteiger partial charge in [-0.2, -0.15) is 0 Å². The summed E-state index contributed by atoms with van der Waals surface area (Å²) in [7, 11) is -2.49. The number of benzene rings is 2. The quantitative estimate of drug-likeness (QED) is 0.899. The van der Waals surface area contributed by atoms with E-state index in [2.05, 4.69) is 5.32 Å². The minimum atomic E-state index is -3.97. The van der Waals surface area contributed by atoms with Gasteiger partial charge in [0.1, 0.15) is 0 Å². The van der Waals surface area contributed by atoms with Gasteiger partial charge in [-0.15, -0.1) is 0 Å². The maximum absolute atomic E-state index is 13.2. The molecule has 0 spiro atoms. The Morgan fingerprint density at radius 3 is 2.35 bits per heavy atom. The molecular formula is C20H22N2O3S. The fourth-order valence-electron chi connectivity index (χ4n) is 2.99. The Labute approximate surface area is 154 Å². The summed E-state index contributed by atoms with van der Waals surface area (Å²) in [5, 5.41) is 2.80. The highest BCUT2D eigenvalue weighted by atomic mass is 32.2. The molecule has 3 rings (SSSR count). The minimum Gasteiger partial charge on any atom is -0.349 e. The number of hydrogen-bond donors (Lipinski definition) is 1. The van der Waals surface area contributed by atoms with Crippen LogP contribution in [0.1, 0.15) is 31.4 Å². The molecule has 0 aliphatic carbocycles. The van der Waals surface area contributed by atoms with Gasteiger partial charge < -0.3 is 5.32 Å². The Morgan fingerprint density at radius 2 is 1.69 bits per heavy atom. The molecule has 1 atom stereocenters. The molecule has 2 aromatic carbocycles. The number of fused-ring (bicyclic) bond motifs is 1. The molecule has 26 heavy (non-hydrogen) atoms. The van der Waals surface area contributed by atoms with E-state index in [9.17, 15) is 13.2 Å². The van der Waals surface area contributed by atoms with E-state index < -0.39 is 15.9 Å². The van der Waals surface area contributed by atoms with Crippen molar-refractivity contribution in [3.63, 3.8) is 0 Å². The van der Waals surface area contributed by atoms with Crippen molar-refractivity contribution in [1.29, 1.82) is 0 Å². The van der Waals surface area contributed by atoms with Crippen LogP contribution in [0, 0.1) is 0 Å². The van der Waals surface area contributed by atoms with Gasteiger partial charge >= 0.3 is 0 Å². The van der Waals surface area contributed by atoms with Crippen LogP contribution in [0.25, 0.3) is 5.57 Å². The molecular weight excluding hydrogens is 348 g/mol. The number of anilines is 1. The molecule has 0 unspecified atom stereocenters. The number of carbonyl (C=O) groups excluding carboxylic acids is 1. The van der Waals surface area contributed by atoms with Crippen LogP contribution in [0.4, 0.5) is 5.69 Å². The maximum Gasteiger partial charge on any atom is 0.270 e. The second-order valence-corrected chi connectivity index (χ2v) is 8.25. The summed E-state index contributed by atoms with van der Waals surface area (Å²) in [6.07, 6.45) is 0.714. The number of amides is 1. The molecule has 1 aliphatic heterocycles. The summed E-state index contributed by atoms with van der Waals surface area (Å²) in [6, 6.07) is 16.3. The van der Waals surface area contributed by atoms with E-state index >= 15 is 0 Å². The molecule has 1 aliphatic rings. The lowest BCUT2D eigenvalue weighted by Gasteiger charge is -2.31. The second kappa shape index (κ2) is 6.96. The maximum atomic E-state index is 13.2. The largest absolute Gasteiger partial charge is 0.349 e. The number of nitrogens with one attached hydrogen (secondary N) is 1. The average molecular weight is 370 g/mol. The topological polar surface area (TPSA) is 66.5 Å². The van der Waals surface area contributed by atoms with Crippen molar-refractivity contribution in [2.24, 2.45) is 0 Å². The van der Waals surface area contributed by atoms with Gasteiger partial charge in [-0.05, 0) is 25.0 Å². The van der Waals surface area contributed by atoms with Crippen molar-refractivity contribution in [2.75, 3.05) is 11.4 Å². The molecule has 2 aromatic rings. The summed E-state index contributed by atoms with van der Waals surface area (Å²) >= 11 is 0. The molecule has 5 nitrogen and oxygen atoms in total. The summed E-state index contributed by atoms with van der Waals surface area (Å²) in [5.74, 6) is -0.570. The third kappa shape index (κ3) is 3.01. The molecule has 1 amide bonds. The number of carbonyl (C=O) groups is 1. The molecule has 136 valence electrons. The van der Waals surface area contributed by atoms with E-state index in [0.717, 1.165) is 5.56 Å². The lowest BCUT2D eigenvalue weighted by Crippen LogP contribution is -2.41. The van der Waals surface area contributed by atoms with Crippen LogP contribution in [-0.2, 0) is 14.8 Å². The van der Waals surface area contributed by atoms with Crippen LogP contribution in [0.15, 0.2) is 59.5 Å². The summed E-state index contributed by atoms with van der Waals surface area (Å²) < 4.78 is 27.5. The van der Waals surface area contributed by atoms with Gasteiger partial charge in [0.05, 0.1) is 5.69 Å². The predicted octanol–water partition coefficient (Wildman–Crippen LogP) is 3.14. The van der Waals surface area contributed by atoms with E-state index in [-0.39, 0.29) is 10.9 Å². The van der Waals surface area contributed by atoms with Crippen molar-refractivity contribution in [3.05, 3.63) is 70.6 Å². The molecule has 0 saturated carbocycles. The van der Waals surface area contributed by atoms with Crippen molar-refractivity contribution in [2.45, 2.75) is 26.3 Å². The Balaban J connectivity index is 2.34. The second-order valence-electron chi connectivity index (χ2n) is 6.34. The van der Waals surface area contributed by atoms with E-state index in [1.807, 2.05) is 56.3 Å². The monoisotopic (exact) mass is 370 g/mol. The van der Waals surface area contributed by atoms with Gasteiger partial charge in [-0.1, -0.05) is 55.5 Å². The number of nitrogens with zero attached hydrogens (tertiary/aromatic N) is 1. The van der Waals surface area contributed by atoms with E-state index in [4.69, 9.17) is 0 Å². The minimum absolute atomic E-state index is 0.121. The Bertz CT molecular complexity index is 966. The zero-order valence-corrected chi connectivity index (χ0v) is 15.9. The van der Waals surface area contributed by atoms with Gasteiger partial charge in [0.2, 0.25) is 0 Å². The van der Waals surface area contributed by atoms with Gasteiger partial charge in [-0.3, -0.25) is 9.10 Å².